The maximum atomic E-state index is 11.9. The van der Waals surface area contributed by atoms with Gasteiger partial charge in [0.2, 0.25) is 0 Å². The van der Waals surface area contributed by atoms with E-state index in [1.54, 1.807) is 24.1 Å². The second-order valence-corrected chi connectivity index (χ2v) is 5.09. The van der Waals surface area contributed by atoms with E-state index in [2.05, 4.69) is 9.97 Å². The van der Waals surface area contributed by atoms with Crippen LogP contribution in [0.4, 0.5) is 0 Å². The van der Waals surface area contributed by atoms with Crippen LogP contribution in [0.15, 0.2) is 51.9 Å². The van der Waals surface area contributed by atoms with Crippen LogP contribution >= 0.6 is 11.8 Å². The molecular weight excluding hydrogens is 260 g/mol. The summed E-state index contributed by atoms with van der Waals surface area (Å²) in [5.41, 5.74) is 0.652. The summed E-state index contributed by atoms with van der Waals surface area (Å²) < 4.78 is 5.25. The fourth-order valence-electron chi connectivity index (χ4n) is 1.85. The Morgan fingerprint density at radius 3 is 2.89 bits per heavy atom. The Morgan fingerprint density at radius 2 is 2.05 bits per heavy atom. The van der Waals surface area contributed by atoms with E-state index >= 15 is 0 Å². The van der Waals surface area contributed by atoms with E-state index in [9.17, 15) is 4.79 Å². The van der Waals surface area contributed by atoms with E-state index in [0.29, 0.717) is 17.0 Å². The standard InChI is InChI=1S/C14H12N2O2S/c17-14-11-5-1-2-6-12(11)15-13(16-14)9-19-8-10-4-3-7-18-10/h1-7H,8-9H2,(H,15,16,17). The van der Waals surface area contributed by atoms with Gasteiger partial charge in [-0.2, -0.15) is 0 Å². The van der Waals surface area contributed by atoms with Crippen LogP contribution in [0, 0.1) is 0 Å². The maximum Gasteiger partial charge on any atom is 0.258 e. The lowest BCUT2D eigenvalue weighted by molar-refractivity contribution is 0.530. The van der Waals surface area contributed by atoms with Crippen LogP contribution in [0.5, 0.6) is 0 Å². The summed E-state index contributed by atoms with van der Waals surface area (Å²) in [5, 5.41) is 0.627. The molecule has 0 unspecified atom stereocenters. The smallest absolute Gasteiger partial charge is 0.258 e. The van der Waals surface area contributed by atoms with Crippen molar-refractivity contribution in [2.24, 2.45) is 0 Å². The van der Waals surface area contributed by atoms with Crippen molar-refractivity contribution >= 4 is 22.7 Å². The van der Waals surface area contributed by atoms with Crippen molar-refractivity contribution in [3.63, 3.8) is 0 Å². The minimum Gasteiger partial charge on any atom is -0.468 e. The van der Waals surface area contributed by atoms with E-state index in [-0.39, 0.29) is 5.56 Å². The molecule has 0 spiro atoms. The number of furan rings is 1. The Balaban J connectivity index is 1.76. The molecule has 5 heteroatoms. The second kappa shape index (κ2) is 5.32. The van der Waals surface area contributed by atoms with Crippen molar-refractivity contribution in [3.8, 4) is 0 Å². The molecule has 1 aromatic carbocycles. The highest BCUT2D eigenvalue weighted by Gasteiger charge is 2.04. The van der Waals surface area contributed by atoms with Gasteiger partial charge >= 0.3 is 0 Å². The lowest BCUT2D eigenvalue weighted by atomic mass is 10.2. The van der Waals surface area contributed by atoms with Gasteiger partial charge in [0, 0.05) is 0 Å². The normalized spacial score (nSPS) is 10.9. The van der Waals surface area contributed by atoms with Crippen molar-refractivity contribution in [1.82, 2.24) is 9.97 Å². The van der Waals surface area contributed by atoms with Gasteiger partial charge in [-0.15, -0.1) is 11.8 Å². The van der Waals surface area contributed by atoms with Gasteiger partial charge in [-0.3, -0.25) is 4.79 Å². The van der Waals surface area contributed by atoms with Crippen molar-refractivity contribution < 1.29 is 4.42 Å². The van der Waals surface area contributed by atoms with Gasteiger partial charge in [0.05, 0.1) is 28.7 Å². The minimum atomic E-state index is -0.0841. The van der Waals surface area contributed by atoms with Gasteiger partial charge in [-0.1, -0.05) is 12.1 Å². The number of hydrogen-bond acceptors (Lipinski definition) is 4. The monoisotopic (exact) mass is 272 g/mol. The van der Waals surface area contributed by atoms with Gasteiger partial charge in [0.15, 0.2) is 0 Å². The number of hydrogen-bond donors (Lipinski definition) is 1. The first-order valence-electron chi connectivity index (χ1n) is 5.91. The lowest BCUT2D eigenvalue weighted by Crippen LogP contribution is -2.11. The first-order valence-corrected chi connectivity index (χ1v) is 7.06. The van der Waals surface area contributed by atoms with Crippen LogP contribution in [0.1, 0.15) is 11.6 Å². The molecule has 4 nitrogen and oxygen atoms in total. The summed E-state index contributed by atoms with van der Waals surface area (Å²) in [4.78, 5) is 19.1. The third-order valence-corrected chi connectivity index (χ3v) is 3.69. The molecule has 0 amide bonds. The first kappa shape index (κ1) is 12.0. The van der Waals surface area contributed by atoms with Gasteiger partial charge in [-0.25, -0.2) is 4.98 Å². The fourth-order valence-corrected chi connectivity index (χ4v) is 2.64. The van der Waals surface area contributed by atoms with Crippen LogP contribution in [-0.4, -0.2) is 9.97 Å². The molecule has 0 aliphatic heterocycles. The lowest BCUT2D eigenvalue weighted by Gasteiger charge is -2.02. The van der Waals surface area contributed by atoms with Crippen LogP contribution < -0.4 is 5.56 Å². The van der Waals surface area contributed by atoms with Crippen LogP contribution in [0.3, 0.4) is 0 Å². The van der Waals surface area contributed by atoms with Gasteiger partial charge in [-0.05, 0) is 24.3 Å². The summed E-state index contributed by atoms with van der Waals surface area (Å²) >= 11 is 1.65. The molecule has 0 saturated heterocycles. The van der Waals surface area contributed by atoms with Gasteiger partial charge in [0.1, 0.15) is 11.6 Å². The molecule has 0 atom stereocenters. The molecule has 19 heavy (non-hydrogen) atoms. The zero-order chi connectivity index (χ0) is 13.1. The number of nitrogens with one attached hydrogen (secondary N) is 1. The number of H-pyrrole nitrogens is 1. The molecule has 0 saturated carbocycles. The third-order valence-electron chi connectivity index (χ3n) is 2.73. The third kappa shape index (κ3) is 2.71. The summed E-state index contributed by atoms with van der Waals surface area (Å²) in [7, 11) is 0. The topological polar surface area (TPSA) is 58.9 Å². The molecule has 2 heterocycles. The van der Waals surface area contributed by atoms with Gasteiger partial charge < -0.3 is 9.40 Å². The molecule has 0 aliphatic carbocycles. The number of para-hydroxylation sites is 1. The maximum absolute atomic E-state index is 11.9. The second-order valence-electron chi connectivity index (χ2n) is 4.10. The van der Waals surface area contributed by atoms with Crippen LogP contribution in [0.25, 0.3) is 10.9 Å². The number of fused-ring (bicyclic) bond motifs is 1. The minimum absolute atomic E-state index is 0.0841. The van der Waals surface area contributed by atoms with Gasteiger partial charge in [0.25, 0.3) is 5.56 Å². The number of nitrogens with zero attached hydrogens (tertiary/aromatic N) is 1. The summed E-state index contributed by atoms with van der Waals surface area (Å²) in [5.74, 6) is 3.04. The van der Waals surface area contributed by atoms with E-state index < -0.39 is 0 Å². The van der Waals surface area contributed by atoms with E-state index in [1.165, 1.54) is 0 Å². The molecule has 1 N–H and O–H groups in total. The molecule has 0 aliphatic rings. The zero-order valence-electron chi connectivity index (χ0n) is 10.1. The predicted molar refractivity (Wildman–Crippen MR) is 76.1 cm³/mol. The van der Waals surface area contributed by atoms with E-state index in [0.717, 1.165) is 17.0 Å². The predicted octanol–water partition coefficient (Wildman–Crippen LogP) is 2.95. The SMILES string of the molecule is O=c1[nH]c(CSCc2ccco2)nc2ccccc12. The Labute approximate surface area is 113 Å². The quantitative estimate of drug-likeness (QED) is 0.793. The number of thioether (sulfide) groups is 1. The molecule has 0 radical (unpaired) electrons. The average Bonchev–Trinajstić information content (AvgIpc) is 2.92. The molecule has 0 fully saturated rings. The molecule has 96 valence electrons. The number of aromatic amines is 1. The molecule has 3 aromatic rings. The fraction of sp³-hybridized carbons (Fsp3) is 0.143. The summed E-state index contributed by atoms with van der Waals surface area (Å²) in [6.07, 6.45) is 1.66. The van der Waals surface area contributed by atoms with Crippen LogP contribution in [0.2, 0.25) is 0 Å². The Hall–Kier alpha value is -2.01. The highest BCUT2D eigenvalue weighted by molar-refractivity contribution is 7.97. The molecule has 2 aromatic heterocycles. The largest absolute Gasteiger partial charge is 0.468 e. The molecule has 0 bridgehead atoms. The average molecular weight is 272 g/mol. The summed E-state index contributed by atoms with van der Waals surface area (Å²) in [6, 6.07) is 11.2. The van der Waals surface area contributed by atoms with Crippen LogP contribution in [-0.2, 0) is 11.5 Å². The first-order chi connectivity index (χ1) is 9.33. The Morgan fingerprint density at radius 1 is 1.16 bits per heavy atom. The van der Waals surface area contributed by atoms with E-state index in [1.807, 2.05) is 30.3 Å². The highest BCUT2D eigenvalue weighted by atomic mass is 32.2. The Kier molecular flexibility index (Phi) is 3.37. The number of aromatic nitrogens is 2. The molecule has 3 rings (SSSR count). The van der Waals surface area contributed by atoms with Crippen molar-refractivity contribution in [1.29, 1.82) is 0 Å². The highest BCUT2D eigenvalue weighted by Crippen LogP contribution is 2.16. The van der Waals surface area contributed by atoms with Crippen molar-refractivity contribution in [3.05, 3.63) is 64.6 Å². The molecular formula is C14H12N2O2S. The number of benzene rings is 1. The van der Waals surface area contributed by atoms with Crippen molar-refractivity contribution in [2.45, 2.75) is 11.5 Å². The zero-order valence-corrected chi connectivity index (χ0v) is 10.9. The summed E-state index contributed by atoms with van der Waals surface area (Å²) in [6.45, 7) is 0. The van der Waals surface area contributed by atoms with E-state index in [4.69, 9.17) is 4.42 Å². The van der Waals surface area contributed by atoms with Crippen molar-refractivity contribution in [2.75, 3.05) is 0 Å². The number of rotatable bonds is 4. The Bertz CT molecular complexity index is 735.